The number of halogens is 1. The summed E-state index contributed by atoms with van der Waals surface area (Å²) in [6, 6.07) is 10.8. The van der Waals surface area contributed by atoms with Gasteiger partial charge in [0.25, 0.3) is 15.2 Å². The van der Waals surface area contributed by atoms with Crippen molar-refractivity contribution in [2.75, 3.05) is 10.5 Å². The van der Waals surface area contributed by atoms with E-state index in [1.54, 1.807) is 24.3 Å². The smallest absolute Gasteiger partial charge is 0.262 e. The minimum absolute atomic E-state index is 0.0136. The number of primary amides is 1. The molecule has 1 amide bonds. The van der Waals surface area contributed by atoms with E-state index < -0.39 is 15.9 Å². The fraction of sp³-hybridized carbons (Fsp3) is 0.0667. The third-order valence-corrected chi connectivity index (χ3v) is 5.65. The topological polar surface area (TPSA) is 115 Å². The van der Waals surface area contributed by atoms with Gasteiger partial charge in [-0.25, -0.2) is 13.4 Å². The number of oxazole rings is 1. The number of aromatic nitrogens is 1. The van der Waals surface area contributed by atoms with Crippen LogP contribution >= 0.6 is 23.4 Å². The molecule has 0 atom stereocenters. The van der Waals surface area contributed by atoms with Gasteiger partial charge in [-0.2, -0.15) is 0 Å². The largest absolute Gasteiger partial charge is 0.431 e. The summed E-state index contributed by atoms with van der Waals surface area (Å²) in [6.45, 7) is 0. The maximum Gasteiger partial charge on any atom is 0.262 e. The maximum absolute atomic E-state index is 12.5. The summed E-state index contributed by atoms with van der Waals surface area (Å²) in [4.78, 5) is 15.0. The molecule has 0 fully saturated rings. The lowest BCUT2D eigenvalue weighted by Gasteiger charge is -2.09. The van der Waals surface area contributed by atoms with Gasteiger partial charge < -0.3 is 10.2 Å². The standard InChI is InChI=1S/C15H12ClN3O4S2/c16-10-3-1-2-4-11(10)19-25(21,22)9-5-6-13-12(7-9)18-15(23-13)24-8-14(17)20/h1-7,19H,8H2,(H2,17,20). The van der Waals surface area contributed by atoms with Crippen LogP contribution < -0.4 is 10.5 Å². The predicted octanol–water partition coefficient (Wildman–Crippen LogP) is 2.86. The number of nitrogens with zero attached hydrogens (tertiary/aromatic N) is 1. The molecule has 0 bridgehead atoms. The summed E-state index contributed by atoms with van der Waals surface area (Å²) in [5.41, 5.74) is 6.12. The summed E-state index contributed by atoms with van der Waals surface area (Å²) in [5.74, 6) is -0.481. The van der Waals surface area contributed by atoms with Crippen LogP contribution in [-0.2, 0) is 14.8 Å². The summed E-state index contributed by atoms with van der Waals surface area (Å²) in [6.07, 6.45) is 0. The van der Waals surface area contributed by atoms with E-state index in [2.05, 4.69) is 9.71 Å². The Balaban J connectivity index is 1.89. The lowest BCUT2D eigenvalue weighted by molar-refractivity contribution is -0.115. The van der Waals surface area contributed by atoms with E-state index in [4.69, 9.17) is 21.8 Å². The Kier molecular flexibility index (Phi) is 4.89. The molecule has 10 heteroatoms. The first-order valence-electron chi connectivity index (χ1n) is 6.94. The Morgan fingerprint density at radius 1 is 1.28 bits per heavy atom. The van der Waals surface area contributed by atoms with Gasteiger partial charge in [-0.1, -0.05) is 35.5 Å². The molecule has 25 heavy (non-hydrogen) atoms. The number of anilines is 1. The van der Waals surface area contributed by atoms with Crippen molar-refractivity contribution in [2.45, 2.75) is 10.1 Å². The fourth-order valence-electron chi connectivity index (χ4n) is 2.00. The van der Waals surface area contributed by atoms with Crippen molar-refractivity contribution in [3.05, 3.63) is 47.5 Å². The van der Waals surface area contributed by atoms with Crippen LogP contribution in [0.25, 0.3) is 11.1 Å². The first kappa shape index (κ1) is 17.6. The van der Waals surface area contributed by atoms with Crippen molar-refractivity contribution < 1.29 is 17.6 Å². The van der Waals surface area contributed by atoms with E-state index in [0.29, 0.717) is 16.1 Å². The number of sulfonamides is 1. The Bertz CT molecular complexity index is 1050. The van der Waals surface area contributed by atoms with Crippen molar-refractivity contribution in [3.8, 4) is 0 Å². The Hall–Kier alpha value is -2.23. The van der Waals surface area contributed by atoms with E-state index in [-0.39, 0.29) is 21.6 Å². The number of hydrogen-bond donors (Lipinski definition) is 2. The summed E-state index contributed by atoms with van der Waals surface area (Å²) < 4.78 is 32.9. The number of amides is 1. The highest BCUT2D eigenvalue weighted by Crippen LogP contribution is 2.27. The second-order valence-corrected chi connectivity index (χ2v) is 7.97. The van der Waals surface area contributed by atoms with Crippen LogP contribution in [-0.4, -0.2) is 25.1 Å². The quantitative estimate of drug-likeness (QED) is 0.618. The molecular weight excluding hydrogens is 386 g/mol. The zero-order chi connectivity index (χ0) is 18.0. The van der Waals surface area contributed by atoms with Gasteiger partial charge in [0.1, 0.15) is 5.52 Å². The van der Waals surface area contributed by atoms with Crippen molar-refractivity contribution >= 4 is 56.1 Å². The molecule has 0 saturated heterocycles. The molecule has 0 saturated carbocycles. The van der Waals surface area contributed by atoms with Crippen LogP contribution in [0.4, 0.5) is 5.69 Å². The fourth-order valence-corrected chi connectivity index (χ4v) is 3.91. The highest BCUT2D eigenvalue weighted by atomic mass is 35.5. The van der Waals surface area contributed by atoms with Crippen LogP contribution in [0, 0.1) is 0 Å². The number of carbonyl (C=O) groups excluding carboxylic acids is 1. The van der Waals surface area contributed by atoms with E-state index in [1.165, 1.54) is 18.2 Å². The molecule has 7 nitrogen and oxygen atoms in total. The molecule has 0 aliphatic carbocycles. The molecule has 0 radical (unpaired) electrons. The van der Waals surface area contributed by atoms with Gasteiger partial charge in [0.2, 0.25) is 5.91 Å². The van der Waals surface area contributed by atoms with Gasteiger partial charge in [-0.3, -0.25) is 9.52 Å². The molecule has 0 unspecified atom stereocenters. The van der Waals surface area contributed by atoms with Crippen LogP contribution in [0.1, 0.15) is 0 Å². The van der Waals surface area contributed by atoms with Crippen molar-refractivity contribution in [1.29, 1.82) is 0 Å². The maximum atomic E-state index is 12.5. The minimum Gasteiger partial charge on any atom is -0.431 e. The van der Waals surface area contributed by atoms with Crippen LogP contribution in [0.5, 0.6) is 0 Å². The molecule has 2 aromatic carbocycles. The lowest BCUT2D eigenvalue weighted by Crippen LogP contribution is -2.13. The number of rotatable bonds is 6. The highest BCUT2D eigenvalue weighted by Gasteiger charge is 2.18. The third-order valence-electron chi connectivity index (χ3n) is 3.11. The number of para-hydroxylation sites is 1. The molecule has 3 rings (SSSR count). The number of benzene rings is 2. The predicted molar refractivity (Wildman–Crippen MR) is 96.2 cm³/mol. The van der Waals surface area contributed by atoms with Crippen molar-refractivity contribution in [3.63, 3.8) is 0 Å². The molecule has 0 aliphatic heterocycles. The highest BCUT2D eigenvalue weighted by molar-refractivity contribution is 7.99. The molecule has 1 heterocycles. The van der Waals surface area contributed by atoms with Gasteiger partial charge in [-0.15, -0.1) is 0 Å². The Morgan fingerprint density at radius 3 is 2.76 bits per heavy atom. The minimum atomic E-state index is -3.84. The van der Waals surface area contributed by atoms with Gasteiger partial charge >= 0.3 is 0 Å². The van der Waals surface area contributed by atoms with Gasteiger partial charge in [-0.05, 0) is 30.3 Å². The second kappa shape index (κ2) is 6.95. The molecule has 0 spiro atoms. The van der Waals surface area contributed by atoms with Crippen LogP contribution in [0.3, 0.4) is 0 Å². The lowest BCUT2D eigenvalue weighted by atomic mass is 10.3. The average molecular weight is 398 g/mol. The third kappa shape index (κ3) is 4.06. The number of thioether (sulfide) groups is 1. The number of fused-ring (bicyclic) bond motifs is 1. The van der Waals surface area contributed by atoms with Crippen molar-refractivity contribution in [1.82, 2.24) is 4.98 Å². The zero-order valence-electron chi connectivity index (χ0n) is 12.6. The monoisotopic (exact) mass is 397 g/mol. The van der Waals surface area contributed by atoms with Gasteiger partial charge in [0.15, 0.2) is 5.58 Å². The molecule has 130 valence electrons. The van der Waals surface area contributed by atoms with Crippen LogP contribution in [0.15, 0.2) is 57.0 Å². The average Bonchev–Trinajstić information content (AvgIpc) is 2.97. The number of carbonyl (C=O) groups is 1. The molecule has 3 N–H and O–H groups in total. The number of nitrogens with two attached hydrogens (primary N) is 1. The normalized spacial score (nSPS) is 11.6. The molecule has 1 aromatic heterocycles. The summed E-state index contributed by atoms with van der Waals surface area (Å²) in [5, 5.41) is 0.529. The second-order valence-electron chi connectivity index (χ2n) is 4.95. The zero-order valence-corrected chi connectivity index (χ0v) is 15.0. The first-order valence-corrected chi connectivity index (χ1v) is 9.79. The molecule has 0 aliphatic rings. The van der Waals surface area contributed by atoms with E-state index in [0.717, 1.165) is 11.8 Å². The molecular formula is C15H12ClN3O4S2. The number of hydrogen-bond acceptors (Lipinski definition) is 6. The van der Waals surface area contributed by atoms with E-state index in [1.807, 2.05) is 0 Å². The Morgan fingerprint density at radius 2 is 2.04 bits per heavy atom. The Labute approximate surface area is 152 Å². The first-order chi connectivity index (χ1) is 11.8. The molecule has 3 aromatic rings. The SMILES string of the molecule is NC(=O)CSc1nc2cc(S(=O)(=O)Nc3ccccc3Cl)ccc2o1. The van der Waals surface area contributed by atoms with Gasteiger partial charge in [0, 0.05) is 0 Å². The summed E-state index contributed by atoms with van der Waals surface area (Å²) >= 11 is 7.02. The van der Waals surface area contributed by atoms with Gasteiger partial charge in [0.05, 0.1) is 21.4 Å². The number of nitrogens with one attached hydrogen (secondary N) is 1. The van der Waals surface area contributed by atoms with Crippen LogP contribution in [0.2, 0.25) is 5.02 Å². The van der Waals surface area contributed by atoms with Crippen molar-refractivity contribution in [2.24, 2.45) is 5.73 Å². The van der Waals surface area contributed by atoms with E-state index >= 15 is 0 Å². The summed E-state index contributed by atoms with van der Waals surface area (Å²) in [7, 11) is -3.84. The van der Waals surface area contributed by atoms with E-state index in [9.17, 15) is 13.2 Å².